The van der Waals surface area contributed by atoms with Gasteiger partial charge in [0.2, 0.25) is 0 Å². The van der Waals surface area contributed by atoms with E-state index in [1.54, 1.807) is 11.5 Å². The van der Waals surface area contributed by atoms with Crippen molar-refractivity contribution in [1.82, 2.24) is 9.27 Å². The molecule has 0 radical (unpaired) electrons. The number of aromatic nitrogens is 1. The molecule has 128 valence electrons. The van der Waals surface area contributed by atoms with E-state index in [9.17, 15) is 4.79 Å². The second-order valence-electron chi connectivity index (χ2n) is 7.52. The first-order valence-corrected chi connectivity index (χ1v) is 9.14. The number of carbonyl (C=O) groups excluding carboxylic acids is 1. The average Bonchev–Trinajstić information content (AvgIpc) is 2.77. The molecule has 0 bridgehead atoms. The summed E-state index contributed by atoms with van der Waals surface area (Å²) in [5.74, 6) is 1.03. The van der Waals surface area contributed by atoms with Gasteiger partial charge in [-0.2, -0.15) is 4.37 Å². The molecule has 0 aliphatic carbocycles. The summed E-state index contributed by atoms with van der Waals surface area (Å²) in [6, 6.07) is 0. The Balaban J connectivity index is 1.63. The van der Waals surface area contributed by atoms with Gasteiger partial charge in [-0.05, 0) is 63.6 Å². The maximum absolute atomic E-state index is 12.2. The van der Waals surface area contributed by atoms with Gasteiger partial charge in [-0.25, -0.2) is 4.79 Å². The average molecular weight is 338 g/mol. The molecule has 5 nitrogen and oxygen atoms in total. The van der Waals surface area contributed by atoms with E-state index >= 15 is 0 Å². The predicted octanol–water partition coefficient (Wildman–Crippen LogP) is 3.68. The van der Waals surface area contributed by atoms with Crippen LogP contribution in [0.1, 0.15) is 61.6 Å². The lowest BCUT2D eigenvalue weighted by Crippen LogP contribution is -2.41. The van der Waals surface area contributed by atoms with Crippen molar-refractivity contribution in [1.29, 1.82) is 0 Å². The summed E-state index contributed by atoms with van der Waals surface area (Å²) in [6.07, 6.45) is 1.78. The first-order chi connectivity index (χ1) is 10.8. The largest absolute Gasteiger partial charge is 0.444 e. The Labute approximate surface area is 142 Å². The van der Waals surface area contributed by atoms with Gasteiger partial charge in [-0.3, -0.25) is 0 Å². The number of rotatable bonds is 2. The van der Waals surface area contributed by atoms with Crippen LogP contribution in [-0.4, -0.2) is 47.3 Å². The van der Waals surface area contributed by atoms with Crippen molar-refractivity contribution in [3.05, 3.63) is 16.1 Å². The molecule has 3 rings (SSSR count). The molecule has 3 heterocycles. The molecule has 1 amide bonds. The minimum Gasteiger partial charge on any atom is -0.444 e. The van der Waals surface area contributed by atoms with E-state index in [1.807, 2.05) is 25.7 Å². The van der Waals surface area contributed by atoms with Crippen molar-refractivity contribution in [3.8, 4) is 0 Å². The Morgan fingerprint density at radius 1 is 1.26 bits per heavy atom. The minimum absolute atomic E-state index is 0.191. The van der Waals surface area contributed by atoms with Crippen LogP contribution in [0.25, 0.3) is 0 Å². The van der Waals surface area contributed by atoms with E-state index in [-0.39, 0.29) is 6.09 Å². The second-order valence-corrected chi connectivity index (χ2v) is 8.33. The van der Waals surface area contributed by atoms with Crippen LogP contribution in [0.4, 0.5) is 4.79 Å². The Kier molecular flexibility index (Phi) is 4.65. The zero-order chi connectivity index (χ0) is 16.6. The Morgan fingerprint density at radius 3 is 2.43 bits per heavy atom. The summed E-state index contributed by atoms with van der Waals surface area (Å²) >= 11 is 1.63. The van der Waals surface area contributed by atoms with E-state index in [1.165, 1.54) is 10.4 Å². The molecule has 1 aromatic heterocycles. The van der Waals surface area contributed by atoms with Crippen LogP contribution < -0.4 is 0 Å². The number of carbonyl (C=O) groups is 1. The number of hydrogen-bond donors (Lipinski definition) is 0. The molecule has 0 atom stereocenters. The molecule has 0 N–H and O–H groups in total. The van der Waals surface area contributed by atoms with Crippen molar-refractivity contribution in [2.24, 2.45) is 0 Å². The molecule has 23 heavy (non-hydrogen) atoms. The number of amides is 1. The fourth-order valence-corrected chi connectivity index (χ4v) is 4.28. The molecule has 2 saturated heterocycles. The lowest BCUT2D eigenvalue weighted by Gasteiger charge is -2.35. The number of nitrogens with zero attached hydrogens (tertiary/aromatic N) is 2. The van der Waals surface area contributed by atoms with E-state index in [4.69, 9.17) is 9.47 Å². The van der Waals surface area contributed by atoms with E-state index in [0.717, 1.165) is 44.8 Å². The standard InChI is InChI=1S/C17H26N2O3S/c1-11-14(15(23-18-11)13-9-21-10-13)12-5-7-19(8-6-12)16(20)22-17(2,3)4/h12-13H,5-10H2,1-4H3. The van der Waals surface area contributed by atoms with Crippen LogP contribution >= 0.6 is 11.5 Å². The fourth-order valence-electron chi connectivity index (χ4n) is 3.25. The molecule has 0 unspecified atom stereocenters. The summed E-state index contributed by atoms with van der Waals surface area (Å²) in [5, 5.41) is 0. The SMILES string of the molecule is Cc1nsc(C2COC2)c1C1CCN(C(=O)OC(C)(C)C)CC1. The summed E-state index contributed by atoms with van der Waals surface area (Å²) < 4.78 is 15.4. The monoisotopic (exact) mass is 338 g/mol. The van der Waals surface area contributed by atoms with Crippen LogP contribution in [0.3, 0.4) is 0 Å². The fraction of sp³-hybridized carbons (Fsp3) is 0.765. The number of likely N-dealkylation sites (tertiary alicyclic amines) is 1. The van der Waals surface area contributed by atoms with E-state index in [2.05, 4.69) is 11.3 Å². The van der Waals surface area contributed by atoms with Crippen LogP contribution in [0, 0.1) is 6.92 Å². The summed E-state index contributed by atoms with van der Waals surface area (Å²) in [5.41, 5.74) is 2.15. The smallest absolute Gasteiger partial charge is 0.410 e. The molecule has 0 aromatic carbocycles. The highest BCUT2D eigenvalue weighted by Gasteiger charge is 2.33. The van der Waals surface area contributed by atoms with Crippen molar-refractivity contribution in [2.75, 3.05) is 26.3 Å². The summed E-state index contributed by atoms with van der Waals surface area (Å²) in [6.45, 7) is 11.0. The first kappa shape index (κ1) is 16.7. The maximum atomic E-state index is 12.2. The van der Waals surface area contributed by atoms with Gasteiger partial charge < -0.3 is 14.4 Å². The number of aryl methyl sites for hydroxylation is 1. The third-order valence-electron chi connectivity index (χ3n) is 4.50. The summed E-state index contributed by atoms with van der Waals surface area (Å²) in [7, 11) is 0. The van der Waals surface area contributed by atoms with Crippen LogP contribution in [0.5, 0.6) is 0 Å². The zero-order valence-corrected chi connectivity index (χ0v) is 15.2. The van der Waals surface area contributed by atoms with Crippen LogP contribution in [0.15, 0.2) is 0 Å². The highest BCUT2D eigenvalue weighted by Crippen LogP contribution is 2.40. The minimum atomic E-state index is -0.431. The molecular formula is C17H26N2O3S. The highest BCUT2D eigenvalue weighted by molar-refractivity contribution is 7.06. The molecule has 1 aromatic rings. The zero-order valence-electron chi connectivity index (χ0n) is 14.4. The Morgan fingerprint density at radius 2 is 1.91 bits per heavy atom. The maximum Gasteiger partial charge on any atom is 0.410 e. The Bertz CT molecular complexity index is 567. The normalized spacial score (nSPS) is 20.4. The third kappa shape index (κ3) is 3.69. The van der Waals surface area contributed by atoms with Crippen molar-refractivity contribution >= 4 is 17.6 Å². The number of hydrogen-bond acceptors (Lipinski definition) is 5. The topological polar surface area (TPSA) is 51.7 Å². The molecule has 6 heteroatoms. The first-order valence-electron chi connectivity index (χ1n) is 8.37. The van der Waals surface area contributed by atoms with Gasteiger partial charge in [0.25, 0.3) is 0 Å². The molecule has 2 aliphatic heterocycles. The van der Waals surface area contributed by atoms with Crippen molar-refractivity contribution in [2.45, 2.75) is 58.0 Å². The molecule has 2 fully saturated rings. The van der Waals surface area contributed by atoms with Crippen LogP contribution in [0.2, 0.25) is 0 Å². The molecular weight excluding hydrogens is 312 g/mol. The van der Waals surface area contributed by atoms with Gasteiger partial charge in [0.05, 0.1) is 18.9 Å². The third-order valence-corrected chi connectivity index (χ3v) is 5.62. The molecule has 0 saturated carbocycles. The molecule has 0 spiro atoms. The lowest BCUT2D eigenvalue weighted by atomic mass is 9.85. The highest BCUT2D eigenvalue weighted by atomic mass is 32.1. The van der Waals surface area contributed by atoms with Gasteiger partial charge in [0.1, 0.15) is 5.60 Å². The van der Waals surface area contributed by atoms with Gasteiger partial charge in [0, 0.05) is 23.9 Å². The van der Waals surface area contributed by atoms with Crippen molar-refractivity contribution in [3.63, 3.8) is 0 Å². The second kappa shape index (κ2) is 6.40. The predicted molar refractivity (Wildman–Crippen MR) is 90.2 cm³/mol. The molecule has 2 aliphatic rings. The lowest BCUT2D eigenvalue weighted by molar-refractivity contribution is 0.00910. The van der Waals surface area contributed by atoms with Gasteiger partial charge in [-0.1, -0.05) is 0 Å². The van der Waals surface area contributed by atoms with E-state index in [0.29, 0.717) is 11.8 Å². The van der Waals surface area contributed by atoms with Gasteiger partial charge in [-0.15, -0.1) is 0 Å². The van der Waals surface area contributed by atoms with E-state index < -0.39 is 5.60 Å². The number of ether oxygens (including phenoxy) is 2. The number of piperidine rings is 1. The quantitative estimate of drug-likeness (QED) is 0.825. The Hall–Kier alpha value is -1.14. The van der Waals surface area contributed by atoms with Crippen molar-refractivity contribution < 1.29 is 14.3 Å². The summed E-state index contributed by atoms with van der Waals surface area (Å²) in [4.78, 5) is 15.4. The van der Waals surface area contributed by atoms with Gasteiger partial charge in [0.15, 0.2) is 0 Å². The van der Waals surface area contributed by atoms with Crippen LogP contribution in [-0.2, 0) is 9.47 Å². The van der Waals surface area contributed by atoms with Gasteiger partial charge >= 0.3 is 6.09 Å².